The molecule has 1 aliphatic carbocycles. The van der Waals surface area contributed by atoms with E-state index in [0.717, 1.165) is 30.7 Å². The number of methoxy groups -OCH3 is 1. The molecule has 0 spiro atoms. The number of ether oxygens (including phenoxy) is 1. The van der Waals surface area contributed by atoms with E-state index in [-0.39, 0.29) is 0 Å². The van der Waals surface area contributed by atoms with E-state index in [1.54, 1.807) is 7.11 Å². The van der Waals surface area contributed by atoms with Crippen LogP contribution in [0.15, 0.2) is 24.3 Å². The molecule has 2 unspecified atom stereocenters. The first-order valence-electron chi connectivity index (χ1n) is 7.18. The molecule has 0 heterocycles. The molecule has 0 aromatic heterocycles. The van der Waals surface area contributed by atoms with Crippen LogP contribution in [0.4, 0.5) is 0 Å². The fourth-order valence-corrected chi connectivity index (χ4v) is 3.13. The lowest BCUT2D eigenvalue weighted by molar-refractivity contribution is 0.284. The first-order valence-corrected chi connectivity index (χ1v) is 7.18. The standard InChI is InChI=1S/C16H25NO/c1-3-17-15-9-6-7-13(12-15)11-14-8-4-5-10-16(14)18-2/h4-5,8,10,13,15,17H,3,6-7,9,11-12H2,1-2H3. The van der Waals surface area contributed by atoms with Gasteiger partial charge in [0.05, 0.1) is 7.11 Å². The summed E-state index contributed by atoms with van der Waals surface area (Å²) in [4.78, 5) is 0. The van der Waals surface area contributed by atoms with Gasteiger partial charge in [-0.15, -0.1) is 0 Å². The Bertz CT molecular complexity index is 362. The van der Waals surface area contributed by atoms with E-state index in [2.05, 4.69) is 30.4 Å². The Hall–Kier alpha value is -1.02. The van der Waals surface area contributed by atoms with E-state index < -0.39 is 0 Å². The zero-order valence-electron chi connectivity index (χ0n) is 11.6. The molecule has 2 heteroatoms. The molecule has 0 aliphatic heterocycles. The molecule has 100 valence electrons. The minimum Gasteiger partial charge on any atom is -0.496 e. The van der Waals surface area contributed by atoms with Gasteiger partial charge in [0.15, 0.2) is 0 Å². The average molecular weight is 247 g/mol. The smallest absolute Gasteiger partial charge is 0.122 e. The SMILES string of the molecule is CCNC1CCCC(Cc2ccccc2OC)C1. The highest BCUT2D eigenvalue weighted by Crippen LogP contribution is 2.30. The molecule has 2 rings (SSSR count). The average Bonchev–Trinajstić information content (AvgIpc) is 2.40. The Labute approximate surface area is 111 Å². The van der Waals surface area contributed by atoms with Crippen LogP contribution in [0.3, 0.4) is 0 Å². The van der Waals surface area contributed by atoms with Gasteiger partial charge in [0, 0.05) is 6.04 Å². The molecule has 1 aromatic carbocycles. The van der Waals surface area contributed by atoms with Crippen molar-refractivity contribution in [2.45, 2.75) is 45.1 Å². The monoisotopic (exact) mass is 247 g/mol. The molecule has 0 radical (unpaired) electrons. The largest absolute Gasteiger partial charge is 0.496 e. The Balaban J connectivity index is 1.96. The molecule has 1 fully saturated rings. The van der Waals surface area contributed by atoms with Gasteiger partial charge in [0.2, 0.25) is 0 Å². The molecule has 1 aromatic rings. The number of rotatable bonds is 5. The number of hydrogen-bond donors (Lipinski definition) is 1. The van der Waals surface area contributed by atoms with Crippen LogP contribution in [0.5, 0.6) is 5.75 Å². The van der Waals surface area contributed by atoms with Crippen LogP contribution < -0.4 is 10.1 Å². The summed E-state index contributed by atoms with van der Waals surface area (Å²) < 4.78 is 5.45. The van der Waals surface area contributed by atoms with Crippen molar-refractivity contribution in [1.29, 1.82) is 0 Å². The maximum atomic E-state index is 5.45. The van der Waals surface area contributed by atoms with E-state index in [4.69, 9.17) is 4.74 Å². The van der Waals surface area contributed by atoms with Gasteiger partial charge in [-0.1, -0.05) is 38.0 Å². The lowest BCUT2D eigenvalue weighted by Crippen LogP contribution is -2.34. The summed E-state index contributed by atoms with van der Waals surface area (Å²) in [5.74, 6) is 1.85. The molecule has 1 saturated carbocycles. The van der Waals surface area contributed by atoms with Gasteiger partial charge in [0.25, 0.3) is 0 Å². The van der Waals surface area contributed by atoms with E-state index in [0.29, 0.717) is 0 Å². The Morgan fingerprint density at radius 1 is 1.28 bits per heavy atom. The fraction of sp³-hybridized carbons (Fsp3) is 0.625. The molecule has 0 bridgehead atoms. The summed E-state index contributed by atoms with van der Waals surface area (Å²) in [6, 6.07) is 9.16. The maximum absolute atomic E-state index is 5.45. The van der Waals surface area contributed by atoms with Crippen LogP contribution in [-0.4, -0.2) is 19.7 Å². The van der Waals surface area contributed by atoms with Crippen LogP contribution in [0.1, 0.15) is 38.2 Å². The predicted molar refractivity (Wildman–Crippen MR) is 76.1 cm³/mol. The van der Waals surface area contributed by atoms with Crippen molar-refractivity contribution in [2.24, 2.45) is 5.92 Å². The Morgan fingerprint density at radius 3 is 2.89 bits per heavy atom. The summed E-state index contributed by atoms with van der Waals surface area (Å²) >= 11 is 0. The first-order chi connectivity index (χ1) is 8.83. The summed E-state index contributed by atoms with van der Waals surface area (Å²) in [6.07, 6.45) is 6.53. The first kappa shape index (κ1) is 13.4. The quantitative estimate of drug-likeness (QED) is 0.861. The van der Waals surface area contributed by atoms with E-state index in [1.807, 2.05) is 6.07 Å². The third kappa shape index (κ3) is 3.49. The topological polar surface area (TPSA) is 21.3 Å². The second-order valence-corrected chi connectivity index (χ2v) is 5.30. The second kappa shape index (κ2) is 6.79. The highest BCUT2D eigenvalue weighted by atomic mass is 16.5. The second-order valence-electron chi connectivity index (χ2n) is 5.30. The molecule has 1 N–H and O–H groups in total. The summed E-state index contributed by atoms with van der Waals surface area (Å²) in [5.41, 5.74) is 1.36. The Kier molecular flexibility index (Phi) is 5.06. The number of benzene rings is 1. The van der Waals surface area contributed by atoms with Crippen LogP contribution in [0.2, 0.25) is 0 Å². The van der Waals surface area contributed by atoms with Crippen molar-refractivity contribution < 1.29 is 4.74 Å². The van der Waals surface area contributed by atoms with Gasteiger partial charge in [-0.25, -0.2) is 0 Å². The van der Waals surface area contributed by atoms with Crippen molar-refractivity contribution in [3.8, 4) is 5.75 Å². The normalized spacial score (nSPS) is 23.9. The van der Waals surface area contributed by atoms with Gasteiger partial charge in [-0.3, -0.25) is 0 Å². The third-order valence-corrected chi connectivity index (χ3v) is 3.98. The number of nitrogens with one attached hydrogen (secondary N) is 1. The molecule has 0 saturated heterocycles. The van der Waals surface area contributed by atoms with E-state index in [9.17, 15) is 0 Å². The fourth-order valence-electron chi connectivity index (χ4n) is 3.13. The minimum atomic E-state index is 0.725. The van der Waals surface area contributed by atoms with Crippen LogP contribution in [0, 0.1) is 5.92 Å². The minimum absolute atomic E-state index is 0.725. The van der Waals surface area contributed by atoms with Gasteiger partial charge < -0.3 is 10.1 Å². The molecular formula is C16H25NO. The summed E-state index contributed by atoms with van der Waals surface area (Å²) in [5, 5.41) is 3.60. The van der Waals surface area contributed by atoms with E-state index in [1.165, 1.54) is 31.2 Å². The molecule has 18 heavy (non-hydrogen) atoms. The molecule has 0 amide bonds. The highest BCUT2D eigenvalue weighted by molar-refractivity contribution is 5.33. The maximum Gasteiger partial charge on any atom is 0.122 e. The zero-order valence-corrected chi connectivity index (χ0v) is 11.6. The lowest BCUT2D eigenvalue weighted by atomic mass is 9.82. The molecule has 2 nitrogen and oxygen atoms in total. The summed E-state index contributed by atoms with van der Waals surface area (Å²) in [7, 11) is 1.77. The highest BCUT2D eigenvalue weighted by Gasteiger charge is 2.22. The van der Waals surface area contributed by atoms with Gasteiger partial charge in [-0.2, -0.15) is 0 Å². The van der Waals surface area contributed by atoms with Gasteiger partial charge in [-0.05, 0) is 43.4 Å². The third-order valence-electron chi connectivity index (χ3n) is 3.98. The van der Waals surface area contributed by atoms with Crippen LogP contribution >= 0.6 is 0 Å². The van der Waals surface area contributed by atoms with Crippen molar-refractivity contribution >= 4 is 0 Å². The number of hydrogen-bond acceptors (Lipinski definition) is 2. The number of para-hydroxylation sites is 1. The van der Waals surface area contributed by atoms with Gasteiger partial charge in [0.1, 0.15) is 5.75 Å². The van der Waals surface area contributed by atoms with E-state index >= 15 is 0 Å². The van der Waals surface area contributed by atoms with Crippen LogP contribution in [-0.2, 0) is 6.42 Å². The zero-order chi connectivity index (χ0) is 12.8. The Morgan fingerprint density at radius 2 is 2.11 bits per heavy atom. The lowest BCUT2D eigenvalue weighted by Gasteiger charge is -2.30. The molecule has 2 atom stereocenters. The van der Waals surface area contributed by atoms with Crippen molar-refractivity contribution in [1.82, 2.24) is 5.32 Å². The predicted octanol–water partition coefficient (Wildman–Crippen LogP) is 3.41. The van der Waals surface area contributed by atoms with Crippen molar-refractivity contribution in [3.63, 3.8) is 0 Å². The summed E-state index contributed by atoms with van der Waals surface area (Å²) in [6.45, 7) is 3.29. The van der Waals surface area contributed by atoms with Crippen LogP contribution in [0.25, 0.3) is 0 Å². The van der Waals surface area contributed by atoms with Gasteiger partial charge >= 0.3 is 0 Å². The molecular weight excluding hydrogens is 222 g/mol. The van der Waals surface area contributed by atoms with Crippen molar-refractivity contribution in [3.05, 3.63) is 29.8 Å². The van der Waals surface area contributed by atoms with Crippen molar-refractivity contribution in [2.75, 3.05) is 13.7 Å². The molecule has 1 aliphatic rings.